The van der Waals surface area contributed by atoms with E-state index in [4.69, 9.17) is 0 Å². The van der Waals surface area contributed by atoms with Crippen molar-refractivity contribution in [3.05, 3.63) is 0 Å². The van der Waals surface area contributed by atoms with Crippen molar-refractivity contribution in [2.24, 2.45) is 0 Å². The Morgan fingerprint density at radius 1 is 0.594 bits per heavy atom. The molecule has 0 aromatic carbocycles. The average Bonchev–Trinajstić information content (AvgIpc) is 3.22. The van der Waals surface area contributed by atoms with Crippen LogP contribution < -0.4 is 0 Å². The van der Waals surface area contributed by atoms with Crippen LogP contribution in [0.2, 0.25) is 17.1 Å². The van der Waals surface area contributed by atoms with Crippen LogP contribution in [0.1, 0.15) is 27.7 Å². The standard InChI is InChI=1S/C8H20N.C2H2B9.C2HB9.Co/c1-5-9(6-2,7-3)8-4;2*3-1-2(4-8-7-3)6-10-11-9-5-1;/h5-8H2,1-4H3;1-2H;1H;/q+1;;-1;. The first kappa shape index (κ1) is 31.5. The normalized spacial score (nSPS) is 23.6. The topological polar surface area (TPSA) is 0 Å². The van der Waals surface area contributed by atoms with Crippen molar-refractivity contribution < 1.29 is 21.3 Å². The van der Waals surface area contributed by atoms with Crippen molar-refractivity contribution in [2.45, 2.75) is 44.8 Å². The first-order chi connectivity index (χ1) is 15.2. The zero-order valence-electron chi connectivity index (χ0n) is 20.2. The molecule has 20 heteroatoms. The first-order valence-corrected chi connectivity index (χ1v) is 12.0. The summed E-state index contributed by atoms with van der Waals surface area (Å²) in [5.41, 5.74) is 1.65. The third-order valence-electron chi connectivity index (χ3n) is 6.73. The maximum Gasteiger partial charge on any atom is 0.0757 e. The maximum atomic E-state index is 2.27. The van der Waals surface area contributed by atoms with Crippen molar-refractivity contribution in [2.75, 3.05) is 26.2 Å². The van der Waals surface area contributed by atoms with Gasteiger partial charge in [-0.25, -0.2) is 7.06 Å². The number of nitrogens with zero attached hydrogens (tertiary/aromatic N) is 1. The third kappa shape index (κ3) is 11.1. The van der Waals surface area contributed by atoms with Gasteiger partial charge in [0.2, 0.25) is 0 Å². The maximum absolute atomic E-state index is 2.27. The third-order valence-corrected chi connectivity index (χ3v) is 6.73. The Morgan fingerprint density at radius 3 is 1.50 bits per heavy atom. The van der Waals surface area contributed by atoms with Gasteiger partial charge >= 0.3 is 0 Å². The number of fused-ring (bicyclic) bond motifs is 2. The van der Waals surface area contributed by atoms with E-state index >= 15 is 0 Å². The predicted molar refractivity (Wildman–Crippen MR) is 162 cm³/mol. The van der Waals surface area contributed by atoms with Gasteiger partial charge in [0, 0.05) is 123 Å². The molecule has 0 aromatic rings. The molecular formula is C12H23B18CoN. The molecule has 0 amide bonds. The average molecular weight is 435 g/mol. The van der Waals surface area contributed by atoms with Crippen molar-refractivity contribution in [1.82, 2.24) is 0 Å². The monoisotopic (exact) mass is 438 g/mol. The van der Waals surface area contributed by atoms with E-state index in [9.17, 15) is 0 Å². The molecule has 19 radical (unpaired) electrons. The Labute approximate surface area is 224 Å². The molecule has 3 fully saturated rings. The Balaban J connectivity index is 0.000000239. The quantitative estimate of drug-likeness (QED) is 0.311. The van der Waals surface area contributed by atoms with Gasteiger partial charge in [0.05, 0.1) is 26.2 Å². The van der Waals surface area contributed by atoms with Gasteiger partial charge in [-0.05, 0) is 34.8 Å². The van der Waals surface area contributed by atoms with E-state index in [-0.39, 0.29) is 16.8 Å². The van der Waals surface area contributed by atoms with Crippen molar-refractivity contribution in [3.63, 3.8) is 0 Å². The fourth-order valence-corrected chi connectivity index (χ4v) is 4.15. The molecule has 3 unspecified atom stereocenters. The summed E-state index contributed by atoms with van der Waals surface area (Å²) in [7, 11) is 36.5. The molecule has 4 aliphatic rings. The first-order valence-electron chi connectivity index (χ1n) is 12.0. The van der Waals surface area contributed by atoms with Crippen molar-refractivity contribution in [3.8, 4) is 0 Å². The van der Waals surface area contributed by atoms with Gasteiger partial charge in [0.15, 0.2) is 0 Å². The van der Waals surface area contributed by atoms with Gasteiger partial charge in [0.25, 0.3) is 0 Å². The van der Waals surface area contributed by atoms with E-state index in [1.54, 1.807) is 0 Å². The number of hydrogen-bond acceptors (Lipinski definition) is 0. The minimum atomic E-state index is 0. The fraction of sp³-hybridized carbons (Fsp3) is 0.917. The van der Waals surface area contributed by atoms with E-state index in [1.165, 1.54) is 36.0 Å². The van der Waals surface area contributed by atoms with Crippen LogP contribution in [0.25, 0.3) is 0 Å². The fourth-order valence-electron chi connectivity index (χ4n) is 4.15. The number of rotatable bonds is 4. The summed E-state index contributed by atoms with van der Waals surface area (Å²) < 4.78 is 1.28. The smallest absolute Gasteiger partial charge is 0.0757 e. The molecule has 4 heterocycles. The number of quaternary nitrogens is 1. The molecule has 4 rings (SSSR count). The molecule has 0 aliphatic carbocycles. The van der Waals surface area contributed by atoms with E-state index in [1.807, 2.05) is 0 Å². The second-order valence-electron chi connectivity index (χ2n) is 8.20. The van der Waals surface area contributed by atoms with Crippen LogP contribution in [0.4, 0.5) is 0 Å². The van der Waals surface area contributed by atoms with Crippen molar-refractivity contribution in [1.29, 1.82) is 0 Å². The van der Waals surface area contributed by atoms with E-state index in [2.05, 4.69) is 155 Å². The van der Waals surface area contributed by atoms with Crippen LogP contribution in [-0.4, -0.2) is 164 Å². The summed E-state index contributed by atoms with van der Waals surface area (Å²) in [6.45, 7) is 16.4. The molecule has 139 valence electrons. The Morgan fingerprint density at radius 2 is 1.03 bits per heavy atom. The summed E-state index contributed by atoms with van der Waals surface area (Å²) in [6.07, 6.45) is 0. The summed E-state index contributed by atoms with van der Waals surface area (Å²) in [6, 6.07) is 0. The molecule has 32 heavy (non-hydrogen) atoms. The second-order valence-corrected chi connectivity index (χ2v) is 8.20. The van der Waals surface area contributed by atoms with Crippen molar-refractivity contribution >= 4 is 133 Å². The minimum absolute atomic E-state index is 0. The molecule has 4 aliphatic heterocycles. The second kappa shape index (κ2) is 18.7. The zero-order chi connectivity index (χ0) is 22.4. The van der Waals surface area contributed by atoms with E-state index in [0.717, 1.165) is 0 Å². The molecule has 0 N–H and O–H groups in total. The SMILES string of the molecule is CC[N+](CC)(CC)CC.[B]1[B][B]C2[B][B][B][B]C2=[B-][B]1.[B]1[B][B]C2[B][B][B][B]C2[B][B]1.[Co]. The van der Waals surface area contributed by atoms with Gasteiger partial charge in [0.1, 0.15) is 0 Å². The molecule has 0 aromatic heterocycles. The molecule has 0 spiro atoms. The van der Waals surface area contributed by atoms with Crippen LogP contribution in [-0.2, 0) is 16.8 Å². The van der Waals surface area contributed by atoms with Crippen LogP contribution in [0.3, 0.4) is 0 Å². The molecule has 0 saturated carbocycles. The van der Waals surface area contributed by atoms with Crippen LogP contribution >= 0.6 is 0 Å². The van der Waals surface area contributed by atoms with Gasteiger partial charge in [-0.1, -0.05) is 0 Å². The van der Waals surface area contributed by atoms with Gasteiger partial charge < -0.3 is 16.7 Å². The summed E-state index contributed by atoms with van der Waals surface area (Å²) >= 11 is 0. The predicted octanol–water partition coefficient (Wildman–Crippen LogP) is -4.24. The van der Waals surface area contributed by atoms with Crippen LogP contribution in [0, 0.1) is 0 Å². The number of hydrogen-bond donors (Lipinski definition) is 0. The Bertz CT molecular complexity index is 479. The molecular weight excluding hydrogens is 412 g/mol. The summed E-state index contributed by atoms with van der Waals surface area (Å²) in [5.74, 6) is 0. The van der Waals surface area contributed by atoms with Gasteiger partial charge in [-0.3, -0.25) is 0 Å². The minimum Gasteiger partial charge on any atom is -0.409 e. The van der Waals surface area contributed by atoms with Crippen LogP contribution in [0.15, 0.2) is 0 Å². The van der Waals surface area contributed by atoms with Crippen LogP contribution in [0.5, 0.6) is 0 Å². The Kier molecular flexibility index (Phi) is 18.5. The van der Waals surface area contributed by atoms with Gasteiger partial charge in [-0.15, -0.1) is 17.1 Å². The molecule has 3 saturated heterocycles. The van der Waals surface area contributed by atoms with Gasteiger partial charge in [-0.2, -0.15) is 0 Å². The summed E-state index contributed by atoms with van der Waals surface area (Å²) in [4.78, 5) is 0. The Hall–Kier alpha value is 1.51. The molecule has 3 atom stereocenters. The molecule has 0 bridgehead atoms. The van der Waals surface area contributed by atoms with E-state index < -0.39 is 0 Å². The largest absolute Gasteiger partial charge is 0.409 e. The summed E-state index contributed by atoms with van der Waals surface area (Å²) in [5, 5.41) is 1.37. The van der Waals surface area contributed by atoms with E-state index in [0.29, 0.717) is 17.1 Å². The molecule has 1 nitrogen and oxygen atoms in total. The zero-order valence-corrected chi connectivity index (χ0v) is 21.3.